The zero-order valence-electron chi connectivity index (χ0n) is 17.6. The molecule has 8 heteroatoms. The lowest BCUT2D eigenvalue weighted by Gasteiger charge is -2.40. The minimum absolute atomic E-state index is 0.0393. The molecular weight excluding hydrogens is 394 g/mol. The molecule has 0 amide bonds. The van der Waals surface area contributed by atoms with Crippen LogP contribution in [0.4, 0.5) is 11.5 Å². The van der Waals surface area contributed by atoms with Gasteiger partial charge in [0, 0.05) is 30.0 Å². The van der Waals surface area contributed by atoms with Gasteiger partial charge >= 0.3 is 5.97 Å². The smallest absolute Gasteiger partial charge is 0.337 e. The van der Waals surface area contributed by atoms with Gasteiger partial charge in [-0.3, -0.25) is 9.20 Å². The van der Waals surface area contributed by atoms with Crippen molar-refractivity contribution in [1.29, 1.82) is 5.26 Å². The average molecular weight is 417 g/mol. The van der Waals surface area contributed by atoms with Gasteiger partial charge in [0.2, 0.25) is 0 Å². The largest absolute Gasteiger partial charge is 0.478 e. The van der Waals surface area contributed by atoms with E-state index in [1.54, 1.807) is 24.4 Å². The fourth-order valence-electron chi connectivity index (χ4n) is 3.96. The first-order chi connectivity index (χ1) is 14.8. The molecule has 158 valence electrons. The van der Waals surface area contributed by atoms with Crippen molar-refractivity contribution < 1.29 is 9.90 Å². The fourth-order valence-corrected chi connectivity index (χ4v) is 3.96. The second-order valence-electron chi connectivity index (χ2n) is 7.94. The first-order valence-corrected chi connectivity index (χ1v) is 10.1. The Morgan fingerprint density at radius 3 is 2.74 bits per heavy atom. The highest BCUT2D eigenvalue weighted by Gasteiger charge is 2.30. The van der Waals surface area contributed by atoms with E-state index in [1.165, 1.54) is 10.5 Å². The molecule has 0 saturated carbocycles. The van der Waals surface area contributed by atoms with Crippen molar-refractivity contribution in [3.05, 3.63) is 69.1 Å². The monoisotopic (exact) mass is 417 g/mol. The molecule has 3 heterocycles. The maximum atomic E-state index is 13.1. The molecule has 1 aliphatic rings. The highest BCUT2D eigenvalue weighted by atomic mass is 16.4. The molecule has 1 saturated heterocycles. The predicted octanol–water partition coefficient (Wildman–Crippen LogP) is 3.34. The maximum absolute atomic E-state index is 13.1. The van der Waals surface area contributed by atoms with Gasteiger partial charge in [0.25, 0.3) is 5.56 Å². The summed E-state index contributed by atoms with van der Waals surface area (Å²) in [5, 5.41) is 22.4. The third-order valence-corrected chi connectivity index (χ3v) is 5.77. The van der Waals surface area contributed by atoms with Gasteiger partial charge in [0.05, 0.1) is 11.6 Å². The topological polar surface area (TPSA) is 111 Å². The Morgan fingerprint density at radius 2 is 2.13 bits per heavy atom. The van der Waals surface area contributed by atoms with E-state index < -0.39 is 11.5 Å². The molecule has 1 aliphatic heterocycles. The fraction of sp³-hybridized carbons (Fsp3) is 0.304. The summed E-state index contributed by atoms with van der Waals surface area (Å²) in [5.74, 6) is -0.610. The lowest BCUT2D eigenvalue weighted by Crippen LogP contribution is -2.47. The van der Waals surface area contributed by atoms with Crippen LogP contribution in [0, 0.1) is 18.3 Å². The number of rotatable bonds is 5. The first kappa shape index (κ1) is 20.4. The zero-order valence-corrected chi connectivity index (χ0v) is 17.6. The predicted molar refractivity (Wildman–Crippen MR) is 118 cm³/mol. The summed E-state index contributed by atoms with van der Waals surface area (Å²) in [7, 11) is 0. The van der Waals surface area contributed by atoms with Crippen molar-refractivity contribution in [2.45, 2.75) is 39.3 Å². The molecule has 3 aromatic rings. The van der Waals surface area contributed by atoms with Crippen molar-refractivity contribution in [3.8, 4) is 6.07 Å². The van der Waals surface area contributed by atoms with Crippen LogP contribution in [-0.4, -0.2) is 33.0 Å². The number of carboxylic acid groups (broad SMARTS) is 1. The van der Waals surface area contributed by atoms with Gasteiger partial charge in [0.15, 0.2) is 11.4 Å². The average Bonchev–Trinajstić information content (AvgIpc) is 2.73. The summed E-state index contributed by atoms with van der Waals surface area (Å²) in [6, 6.07) is 10.5. The number of benzene rings is 1. The van der Waals surface area contributed by atoms with Gasteiger partial charge in [-0.25, -0.2) is 9.78 Å². The maximum Gasteiger partial charge on any atom is 0.337 e. The van der Waals surface area contributed by atoms with Crippen LogP contribution in [0.3, 0.4) is 0 Å². The molecular formula is C23H23N5O3. The Kier molecular flexibility index (Phi) is 5.11. The van der Waals surface area contributed by atoms with Crippen LogP contribution in [0.25, 0.3) is 5.65 Å². The van der Waals surface area contributed by atoms with Crippen LogP contribution in [-0.2, 0) is 0 Å². The highest BCUT2D eigenvalue weighted by Crippen LogP contribution is 2.30. The minimum atomic E-state index is -1.02. The van der Waals surface area contributed by atoms with E-state index in [4.69, 9.17) is 4.98 Å². The van der Waals surface area contributed by atoms with Crippen LogP contribution in [0.2, 0.25) is 0 Å². The summed E-state index contributed by atoms with van der Waals surface area (Å²) in [6.45, 7) is 6.55. The lowest BCUT2D eigenvalue weighted by molar-refractivity contribution is 0.0698. The number of nitriles is 1. The van der Waals surface area contributed by atoms with E-state index in [0.717, 1.165) is 24.1 Å². The summed E-state index contributed by atoms with van der Waals surface area (Å²) in [4.78, 5) is 31.4. The molecule has 2 aromatic heterocycles. The first-order valence-electron chi connectivity index (χ1n) is 10.1. The van der Waals surface area contributed by atoms with Gasteiger partial charge < -0.3 is 15.3 Å². The third-order valence-electron chi connectivity index (χ3n) is 5.77. The zero-order chi connectivity index (χ0) is 22.3. The van der Waals surface area contributed by atoms with Crippen LogP contribution >= 0.6 is 0 Å². The molecule has 2 N–H and O–H groups in total. The molecule has 0 aliphatic carbocycles. The molecule has 2 atom stereocenters. The normalized spacial score (nSPS) is 16.5. The minimum Gasteiger partial charge on any atom is -0.478 e. The Bertz CT molecular complexity index is 1290. The van der Waals surface area contributed by atoms with Crippen molar-refractivity contribution >= 4 is 23.1 Å². The second kappa shape index (κ2) is 7.76. The van der Waals surface area contributed by atoms with Gasteiger partial charge in [0.1, 0.15) is 11.7 Å². The molecule has 1 fully saturated rings. The number of aromatic nitrogens is 2. The Hall–Kier alpha value is -3.86. The Labute approximate surface area is 179 Å². The number of hydrogen-bond donors (Lipinski definition) is 2. The van der Waals surface area contributed by atoms with E-state index in [9.17, 15) is 20.0 Å². The Morgan fingerprint density at radius 1 is 1.39 bits per heavy atom. The Balaban J connectivity index is 1.87. The number of aromatic carboxylic acids is 1. The molecule has 0 radical (unpaired) electrons. The summed E-state index contributed by atoms with van der Waals surface area (Å²) < 4.78 is 1.42. The van der Waals surface area contributed by atoms with Gasteiger partial charge in [-0.2, -0.15) is 5.26 Å². The van der Waals surface area contributed by atoms with Crippen molar-refractivity contribution in [3.63, 3.8) is 0 Å². The molecule has 1 unspecified atom stereocenters. The number of anilines is 2. The number of nitrogens with zero attached hydrogens (tertiary/aromatic N) is 4. The van der Waals surface area contributed by atoms with E-state index in [2.05, 4.69) is 5.32 Å². The quantitative estimate of drug-likeness (QED) is 0.655. The van der Waals surface area contributed by atoms with Gasteiger partial charge in [-0.15, -0.1) is 0 Å². The van der Waals surface area contributed by atoms with Crippen molar-refractivity contribution in [1.82, 2.24) is 9.38 Å². The SMILES string of the molecule is Cc1cc([C@@H](C)Nc2ccccc2C(=O)O)c2nc(N3CCC3C)c(C#N)c(=O)n2c1. The summed E-state index contributed by atoms with van der Waals surface area (Å²) >= 11 is 0. The van der Waals surface area contributed by atoms with Crippen LogP contribution in [0.5, 0.6) is 0 Å². The number of carbonyl (C=O) groups is 1. The van der Waals surface area contributed by atoms with Gasteiger partial charge in [-0.05, 0) is 51.0 Å². The van der Waals surface area contributed by atoms with Crippen LogP contribution in [0.15, 0.2) is 41.3 Å². The number of aryl methyl sites for hydroxylation is 1. The van der Waals surface area contributed by atoms with Crippen LogP contribution in [0.1, 0.15) is 53.4 Å². The molecule has 0 bridgehead atoms. The number of hydrogen-bond acceptors (Lipinski definition) is 6. The number of nitrogens with one attached hydrogen (secondary N) is 1. The number of pyridine rings is 1. The van der Waals surface area contributed by atoms with E-state index in [-0.39, 0.29) is 23.2 Å². The van der Waals surface area contributed by atoms with Crippen molar-refractivity contribution in [2.75, 3.05) is 16.8 Å². The molecule has 4 rings (SSSR count). The molecule has 8 nitrogen and oxygen atoms in total. The highest BCUT2D eigenvalue weighted by molar-refractivity contribution is 5.94. The molecule has 0 spiro atoms. The molecule has 1 aromatic carbocycles. The second-order valence-corrected chi connectivity index (χ2v) is 7.94. The molecule has 31 heavy (non-hydrogen) atoms. The number of carboxylic acids is 1. The number of fused-ring (bicyclic) bond motifs is 1. The van der Waals surface area contributed by atoms with E-state index in [0.29, 0.717) is 17.2 Å². The standard InChI is InChI=1S/C23H23N5O3/c1-13-10-17(15(3)25-19-7-5-4-6-16(19)23(30)31)20-26-21(27-9-8-14(27)2)18(11-24)22(29)28(20)12-13/h4-7,10,12,14-15,25H,8-9H2,1-3H3,(H,30,31)/t14?,15-/m1/s1. The lowest BCUT2D eigenvalue weighted by atomic mass is 10.0. The van der Waals surface area contributed by atoms with E-state index in [1.807, 2.05) is 37.8 Å². The number of para-hydroxylation sites is 1. The van der Waals surface area contributed by atoms with Gasteiger partial charge in [-0.1, -0.05) is 12.1 Å². The van der Waals surface area contributed by atoms with E-state index >= 15 is 0 Å². The summed E-state index contributed by atoms with van der Waals surface area (Å²) in [6.07, 6.45) is 2.66. The summed E-state index contributed by atoms with van der Waals surface area (Å²) in [5.41, 5.74) is 2.32. The van der Waals surface area contributed by atoms with Crippen molar-refractivity contribution in [2.24, 2.45) is 0 Å². The third kappa shape index (κ3) is 3.48. The van der Waals surface area contributed by atoms with Crippen LogP contribution < -0.4 is 15.8 Å².